The van der Waals surface area contributed by atoms with E-state index in [1.54, 1.807) is 0 Å². The van der Waals surface area contributed by atoms with E-state index in [4.69, 9.17) is 0 Å². The first kappa shape index (κ1) is 4.06. The molecule has 6 heavy (non-hydrogen) atoms. The molecule has 0 spiro atoms. The van der Waals surface area contributed by atoms with Crippen molar-refractivity contribution in [1.29, 1.82) is 0 Å². The normalized spacial score (nSPS) is 34.5. The van der Waals surface area contributed by atoms with Gasteiger partial charge in [-0.3, -0.25) is 0 Å². The molecule has 1 saturated heterocycles. The van der Waals surface area contributed by atoms with E-state index in [-0.39, 0.29) is 0 Å². The lowest BCUT2D eigenvalue weighted by Gasteiger charge is -1.83. The van der Waals surface area contributed by atoms with Crippen LogP contribution in [0.3, 0.4) is 0 Å². The van der Waals surface area contributed by atoms with Crippen LogP contribution in [0.4, 0.5) is 4.39 Å². The summed E-state index contributed by atoms with van der Waals surface area (Å²) in [6.45, 7) is 1.79. The number of rotatable bonds is 0. The van der Waals surface area contributed by atoms with Gasteiger partial charge in [-0.25, -0.2) is 4.39 Å². The van der Waals surface area contributed by atoms with Gasteiger partial charge in [0.25, 0.3) is 0 Å². The number of hydrogen-bond acceptors (Lipinski definition) is 1. The van der Waals surface area contributed by atoms with E-state index in [0.717, 1.165) is 0 Å². The van der Waals surface area contributed by atoms with E-state index in [9.17, 15) is 4.39 Å². The van der Waals surface area contributed by atoms with Gasteiger partial charge in [0.2, 0.25) is 0 Å². The summed E-state index contributed by atoms with van der Waals surface area (Å²) in [7, 11) is 0. The fourth-order valence-electron chi connectivity index (χ4n) is 0.421. The highest BCUT2D eigenvalue weighted by Gasteiger charge is 2.13. The summed E-state index contributed by atoms with van der Waals surface area (Å²) < 4.78 is 16.3. The second kappa shape index (κ2) is 1.56. The minimum Gasteiger partial charge on any atom is -0.372 e. The van der Waals surface area contributed by atoms with Crippen LogP contribution in [-0.2, 0) is 4.74 Å². The number of halogens is 1. The molecule has 1 aliphatic heterocycles. The minimum atomic E-state index is -0.801. The number of ether oxygens (including phenoxy) is 1. The lowest BCUT2D eigenvalue weighted by Crippen LogP contribution is -1.87. The van der Waals surface area contributed by atoms with Gasteiger partial charge < -0.3 is 4.74 Å². The first-order chi connectivity index (χ1) is 2.89. The van der Waals surface area contributed by atoms with Crippen LogP contribution in [0.25, 0.3) is 0 Å². The van der Waals surface area contributed by atoms with Crippen molar-refractivity contribution >= 4 is 0 Å². The molecule has 1 rings (SSSR count). The molecule has 0 bridgehead atoms. The topological polar surface area (TPSA) is 9.23 Å². The Balaban J connectivity index is 2.18. The predicted octanol–water partition coefficient (Wildman–Crippen LogP) is 0.907. The average Bonchev–Trinajstić information content (AvgIpc) is 1.86. The van der Waals surface area contributed by atoms with Gasteiger partial charge >= 0.3 is 0 Å². The van der Waals surface area contributed by atoms with Crippen molar-refractivity contribution in [2.45, 2.75) is 12.6 Å². The molecule has 1 fully saturated rings. The molecule has 1 heterocycles. The lowest BCUT2D eigenvalue weighted by atomic mass is 10.4. The Morgan fingerprint density at radius 2 is 2.67 bits per heavy atom. The largest absolute Gasteiger partial charge is 0.372 e. The smallest absolute Gasteiger partial charge is 0.131 e. The maximum absolute atomic E-state index is 11.7. The second-order valence-electron chi connectivity index (χ2n) is 1.31. The van der Waals surface area contributed by atoms with Gasteiger partial charge in [-0.15, -0.1) is 0 Å². The van der Waals surface area contributed by atoms with Gasteiger partial charge in [-0.2, -0.15) is 0 Å². The maximum Gasteiger partial charge on any atom is 0.131 e. The number of alkyl halides is 1. The minimum absolute atomic E-state index is 0.542. The van der Waals surface area contributed by atoms with Crippen molar-refractivity contribution in [3.63, 3.8) is 0 Å². The van der Waals surface area contributed by atoms with Crippen molar-refractivity contribution in [1.82, 2.24) is 0 Å². The van der Waals surface area contributed by atoms with Crippen LogP contribution in [0.15, 0.2) is 0 Å². The van der Waals surface area contributed by atoms with Crippen molar-refractivity contribution < 1.29 is 9.13 Å². The van der Waals surface area contributed by atoms with Gasteiger partial charge in [0.05, 0.1) is 6.61 Å². The molecular weight excluding hydrogens is 83.0 g/mol. The van der Waals surface area contributed by atoms with Crippen LogP contribution in [0.5, 0.6) is 0 Å². The number of hydrogen-bond donors (Lipinski definition) is 0. The zero-order valence-corrected chi connectivity index (χ0v) is 3.36. The molecule has 2 heteroatoms. The zero-order valence-electron chi connectivity index (χ0n) is 3.36. The molecule has 35 valence electrons. The molecule has 0 aromatic rings. The first-order valence-electron chi connectivity index (χ1n) is 1.98. The molecule has 0 aromatic heterocycles. The molecule has 0 amide bonds. The Morgan fingerprint density at radius 1 is 1.83 bits per heavy atom. The molecule has 1 nitrogen and oxygen atoms in total. The van der Waals surface area contributed by atoms with E-state index >= 15 is 0 Å². The first-order valence-corrected chi connectivity index (χ1v) is 1.98. The third-order valence-electron chi connectivity index (χ3n) is 0.755. The standard InChI is InChI=1S/C4H6FO/c5-4-1-2-6-3-4/h3-4H,1-2H2. The van der Waals surface area contributed by atoms with Crippen LogP contribution < -0.4 is 0 Å². The predicted molar refractivity (Wildman–Crippen MR) is 19.8 cm³/mol. The van der Waals surface area contributed by atoms with E-state index in [1.165, 1.54) is 6.61 Å². The van der Waals surface area contributed by atoms with Gasteiger partial charge in [-0.05, 0) is 0 Å². The summed E-state index contributed by atoms with van der Waals surface area (Å²) in [6, 6.07) is 0. The van der Waals surface area contributed by atoms with Gasteiger partial charge in [-0.1, -0.05) is 0 Å². The Kier molecular flexibility index (Phi) is 1.05. The highest BCUT2D eigenvalue weighted by molar-refractivity contribution is 4.71. The molecular formula is C4H6FO. The van der Waals surface area contributed by atoms with Crippen LogP contribution in [-0.4, -0.2) is 12.8 Å². The van der Waals surface area contributed by atoms with Crippen molar-refractivity contribution in [3.05, 3.63) is 6.61 Å². The monoisotopic (exact) mass is 89.0 g/mol. The summed E-state index contributed by atoms with van der Waals surface area (Å²) in [5.74, 6) is 0. The highest BCUT2D eigenvalue weighted by Crippen LogP contribution is 2.10. The van der Waals surface area contributed by atoms with E-state index in [1.807, 2.05) is 0 Å². The van der Waals surface area contributed by atoms with Gasteiger partial charge in [0, 0.05) is 6.42 Å². The Morgan fingerprint density at radius 3 is 2.83 bits per heavy atom. The summed E-state index contributed by atoms with van der Waals surface area (Å²) >= 11 is 0. The van der Waals surface area contributed by atoms with Crippen molar-refractivity contribution in [3.8, 4) is 0 Å². The molecule has 1 unspecified atom stereocenters. The van der Waals surface area contributed by atoms with E-state index in [0.29, 0.717) is 13.0 Å². The van der Waals surface area contributed by atoms with E-state index < -0.39 is 6.17 Å². The summed E-state index contributed by atoms with van der Waals surface area (Å²) in [5, 5.41) is 0. The van der Waals surface area contributed by atoms with Crippen LogP contribution in [0.1, 0.15) is 6.42 Å². The van der Waals surface area contributed by atoms with Crippen LogP contribution in [0.2, 0.25) is 0 Å². The molecule has 1 atom stereocenters. The highest BCUT2D eigenvalue weighted by atomic mass is 19.1. The third kappa shape index (κ3) is 0.684. The van der Waals surface area contributed by atoms with Crippen molar-refractivity contribution in [2.75, 3.05) is 6.61 Å². The van der Waals surface area contributed by atoms with Gasteiger partial charge in [0.1, 0.15) is 12.8 Å². The molecule has 0 aliphatic carbocycles. The average molecular weight is 89.1 g/mol. The fraction of sp³-hybridized carbons (Fsp3) is 0.750. The Bertz CT molecular complexity index is 40.8. The Labute approximate surface area is 36.1 Å². The molecule has 1 radical (unpaired) electrons. The third-order valence-corrected chi connectivity index (χ3v) is 0.755. The van der Waals surface area contributed by atoms with Crippen LogP contribution in [0, 0.1) is 6.61 Å². The van der Waals surface area contributed by atoms with Gasteiger partial charge in [0.15, 0.2) is 0 Å². The summed E-state index contributed by atoms with van der Waals surface area (Å²) in [5.41, 5.74) is 0. The molecule has 0 aromatic carbocycles. The molecule has 0 saturated carbocycles. The summed E-state index contributed by atoms with van der Waals surface area (Å²) in [4.78, 5) is 0. The zero-order chi connectivity index (χ0) is 4.41. The lowest BCUT2D eigenvalue weighted by molar-refractivity contribution is 0.240. The Hall–Kier alpha value is -0.110. The summed E-state index contributed by atoms with van der Waals surface area (Å²) in [6.07, 6.45) is -0.259. The quantitative estimate of drug-likeness (QED) is 0.428. The fourth-order valence-corrected chi connectivity index (χ4v) is 0.421. The maximum atomic E-state index is 11.7. The van der Waals surface area contributed by atoms with Crippen LogP contribution >= 0.6 is 0 Å². The molecule has 0 N–H and O–H groups in total. The van der Waals surface area contributed by atoms with Crippen molar-refractivity contribution in [2.24, 2.45) is 0 Å². The van der Waals surface area contributed by atoms with E-state index in [2.05, 4.69) is 4.74 Å². The second-order valence-corrected chi connectivity index (χ2v) is 1.31. The molecule has 1 aliphatic rings. The SMILES string of the molecule is FC1[CH]OCC1.